The number of nitrogens with one attached hydrogen (secondary N) is 3. The van der Waals surface area contributed by atoms with Crippen molar-refractivity contribution in [2.75, 3.05) is 33.5 Å². The molecule has 2 aromatic carbocycles. The molecular formula is C33H37N9O. The van der Waals surface area contributed by atoms with Crippen LogP contribution in [0.25, 0.3) is 5.70 Å². The lowest BCUT2D eigenvalue weighted by Gasteiger charge is -2.30. The van der Waals surface area contributed by atoms with E-state index in [0.717, 1.165) is 59.7 Å². The number of hydrogen-bond donors (Lipinski definition) is 3. The van der Waals surface area contributed by atoms with Crippen molar-refractivity contribution in [1.82, 2.24) is 24.8 Å². The van der Waals surface area contributed by atoms with Gasteiger partial charge in [-0.05, 0) is 60.2 Å². The third-order valence-corrected chi connectivity index (χ3v) is 8.64. The molecule has 10 nitrogen and oxygen atoms in total. The zero-order valence-electron chi connectivity index (χ0n) is 25.0. The van der Waals surface area contributed by atoms with Crippen molar-refractivity contribution < 1.29 is 4.79 Å². The van der Waals surface area contributed by atoms with Gasteiger partial charge in [0.1, 0.15) is 12.5 Å². The molecule has 7 rings (SSSR count). The van der Waals surface area contributed by atoms with Gasteiger partial charge in [-0.25, -0.2) is 9.97 Å². The summed E-state index contributed by atoms with van der Waals surface area (Å²) in [5, 5.41) is 10.2. The molecule has 2 bridgehead atoms. The summed E-state index contributed by atoms with van der Waals surface area (Å²) in [5.74, 6) is 2.18. The molecule has 10 heteroatoms. The summed E-state index contributed by atoms with van der Waals surface area (Å²) in [6.07, 6.45) is 8.79. The average molecular weight is 576 g/mol. The van der Waals surface area contributed by atoms with E-state index in [0.29, 0.717) is 24.3 Å². The first kappa shape index (κ1) is 27.2. The minimum absolute atomic E-state index is 0.0335. The number of aromatic nitrogens is 4. The Morgan fingerprint density at radius 2 is 1.88 bits per heavy atom. The Labute approximate surface area is 251 Å². The van der Waals surface area contributed by atoms with Gasteiger partial charge in [0.05, 0.1) is 5.70 Å². The Morgan fingerprint density at radius 1 is 1.05 bits per heavy atom. The van der Waals surface area contributed by atoms with E-state index in [9.17, 15) is 4.79 Å². The number of anilines is 4. The van der Waals surface area contributed by atoms with Gasteiger partial charge in [-0.2, -0.15) is 4.98 Å². The monoisotopic (exact) mass is 575 g/mol. The first-order valence-corrected chi connectivity index (χ1v) is 14.8. The van der Waals surface area contributed by atoms with Crippen LogP contribution in [-0.2, 0) is 12.1 Å². The van der Waals surface area contributed by atoms with Gasteiger partial charge in [-0.1, -0.05) is 39.0 Å². The van der Waals surface area contributed by atoms with Gasteiger partial charge in [0, 0.05) is 66.9 Å². The molecule has 2 atom stereocenters. The maximum Gasteiger partial charge on any atom is 0.255 e. The molecule has 0 spiro atoms. The molecule has 4 aromatic rings. The quantitative estimate of drug-likeness (QED) is 0.296. The number of carbonyl (C=O) groups excluding carboxylic acids is 1. The standard InChI is InChI=1S/C33H37N9O/c1-21-26(38-31(43)22-8-10-23(11-9-22)33(2,3)4)6-5-7-28(21)41-19-27(30-34-14-15-40(30)20-41)37-29-12-13-35-32(39-29)42-18-24-16-25(42)17-36-24/h5-15,19,24-25,36H,16-18,20H2,1-4H3,(H,38,43)(H,35,37,39). The number of amides is 1. The molecule has 2 fully saturated rings. The van der Waals surface area contributed by atoms with Crippen molar-refractivity contribution in [3.63, 3.8) is 0 Å². The number of rotatable bonds is 6. The van der Waals surface area contributed by atoms with Crippen LogP contribution in [0, 0.1) is 6.92 Å². The maximum atomic E-state index is 13.2. The lowest BCUT2D eigenvalue weighted by atomic mass is 9.86. The molecule has 3 aliphatic heterocycles. The highest BCUT2D eigenvalue weighted by Gasteiger charge is 2.39. The van der Waals surface area contributed by atoms with E-state index in [2.05, 4.69) is 73.3 Å². The Morgan fingerprint density at radius 3 is 2.63 bits per heavy atom. The fourth-order valence-corrected chi connectivity index (χ4v) is 6.21. The van der Waals surface area contributed by atoms with Gasteiger partial charge in [-0.3, -0.25) is 4.79 Å². The summed E-state index contributed by atoms with van der Waals surface area (Å²) < 4.78 is 2.09. The van der Waals surface area contributed by atoms with Gasteiger partial charge in [0.25, 0.3) is 5.91 Å². The fraction of sp³-hybridized carbons (Fsp3) is 0.333. The Hall–Kier alpha value is -4.70. The van der Waals surface area contributed by atoms with Crippen LogP contribution in [0.3, 0.4) is 0 Å². The molecule has 1 amide bonds. The van der Waals surface area contributed by atoms with Crippen LogP contribution in [0.5, 0.6) is 0 Å². The summed E-state index contributed by atoms with van der Waals surface area (Å²) >= 11 is 0. The molecular weight excluding hydrogens is 538 g/mol. The highest BCUT2D eigenvalue weighted by atomic mass is 16.1. The number of piperazine rings is 1. The van der Waals surface area contributed by atoms with E-state index in [1.54, 1.807) is 0 Å². The van der Waals surface area contributed by atoms with E-state index >= 15 is 0 Å². The fourth-order valence-electron chi connectivity index (χ4n) is 6.21. The zero-order chi connectivity index (χ0) is 29.7. The number of imidazole rings is 1. The molecule has 43 heavy (non-hydrogen) atoms. The summed E-state index contributed by atoms with van der Waals surface area (Å²) in [5.41, 5.74) is 5.43. The van der Waals surface area contributed by atoms with Crippen molar-refractivity contribution in [3.05, 3.63) is 95.8 Å². The number of fused-ring (bicyclic) bond motifs is 3. The van der Waals surface area contributed by atoms with Crippen molar-refractivity contribution >= 4 is 34.7 Å². The van der Waals surface area contributed by atoms with Crippen molar-refractivity contribution in [2.24, 2.45) is 0 Å². The number of carbonyl (C=O) groups is 1. The minimum atomic E-state index is -0.129. The molecule has 3 N–H and O–H groups in total. The van der Waals surface area contributed by atoms with Crippen LogP contribution < -0.4 is 25.8 Å². The first-order chi connectivity index (χ1) is 20.7. The molecule has 0 saturated carbocycles. The van der Waals surface area contributed by atoms with E-state index in [4.69, 9.17) is 4.98 Å². The molecule has 2 saturated heterocycles. The molecule has 0 radical (unpaired) electrons. The van der Waals surface area contributed by atoms with Crippen LogP contribution >= 0.6 is 0 Å². The molecule has 0 aliphatic carbocycles. The molecule has 220 valence electrons. The number of nitrogens with zero attached hydrogens (tertiary/aromatic N) is 6. The van der Waals surface area contributed by atoms with Crippen molar-refractivity contribution in [3.8, 4) is 0 Å². The highest BCUT2D eigenvalue weighted by molar-refractivity contribution is 6.05. The van der Waals surface area contributed by atoms with Gasteiger partial charge in [-0.15, -0.1) is 0 Å². The first-order valence-electron chi connectivity index (χ1n) is 14.8. The van der Waals surface area contributed by atoms with Gasteiger partial charge < -0.3 is 30.3 Å². The Bertz CT molecular complexity index is 1700. The van der Waals surface area contributed by atoms with E-state index in [1.165, 1.54) is 5.56 Å². The van der Waals surface area contributed by atoms with Crippen LogP contribution in [0.4, 0.5) is 23.1 Å². The maximum absolute atomic E-state index is 13.2. The second-order valence-electron chi connectivity index (χ2n) is 12.6. The lowest BCUT2D eigenvalue weighted by molar-refractivity contribution is 0.102. The van der Waals surface area contributed by atoms with Crippen molar-refractivity contribution in [2.45, 2.75) is 58.3 Å². The van der Waals surface area contributed by atoms with E-state index in [-0.39, 0.29) is 11.3 Å². The normalized spacial score (nSPS) is 19.3. The lowest BCUT2D eigenvalue weighted by Crippen LogP contribution is -2.44. The van der Waals surface area contributed by atoms with Crippen LogP contribution in [-0.4, -0.2) is 50.6 Å². The second kappa shape index (κ2) is 10.5. The highest BCUT2D eigenvalue weighted by Crippen LogP contribution is 2.33. The third-order valence-electron chi connectivity index (χ3n) is 8.64. The van der Waals surface area contributed by atoms with Crippen LogP contribution in [0.2, 0.25) is 0 Å². The smallest absolute Gasteiger partial charge is 0.255 e. The van der Waals surface area contributed by atoms with Gasteiger partial charge in [0.15, 0.2) is 5.82 Å². The zero-order valence-corrected chi connectivity index (χ0v) is 25.0. The largest absolute Gasteiger partial charge is 0.336 e. The molecule has 3 aliphatic rings. The summed E-state index contributed by atoms with van der Waals surface area (Å²) in [6, 6.07) is 16.7. The summed E-state index contributed by atoms with van der Waals surface area (Å²) in [6.45, 7) is 11.0. The Kier molecular flexibility index (Phi) is 6.65. The molecule has 2 aromatic heterocycles. The van der Waals surface area contributed by atoms with Crippen molar-refractivity contribution in [1.29, 1.82) is 0 Å². The Balaban J connectivity index is 1.13. The molecule has 2 unspecified atom stereocenters. The predicted molar refractivity (Wildman–Crippen MR) is 170 cm³/mol. The topological polar surface area (TPSA) is 103 Å². The summed E-state index contributed by atoms with van der Waals surface area (Å²) in [4.78, 5) is 31.7. The number of benzene rings is 2. The third kappa shape index (κ3) is 5.23. The SMILES string of the molecule is Cc1c(NC(=O)c2ccc(C(C)(C)C)cc2)cccc1N1C=C(Nc2ccnc(N3CC4CC3CN4)n2)c2nccn2C1. The van der Waals surface area contributed by atoms with E-state index < -0.39 is 0 Å². The second-order valence-corrected chi connectivity index (χ2v) is 12.6. The van der Waals surface area contributed by atoms with E-state index in [1.807, 2.05) is 68.0 Å². The van der Waals surface area contributed by atoms with Gasteiger partial charge in [0.2, 0.25) is 5.95 Å². The summed E-state index contributed by atoms with van der Waals surface area (Å²) in [7, 11) is 0. The number of hydrogen-bond acceptors (Lipinski definition) is 8. The minimum Gasteiger partial charge on any atom is -0.336 e. The molecule has 5 heterocycles. The predicted octanol–water partition coefficient (Wildman–Crippen LogP) is 4.97. The van der Waals surface area contributed by atoms with Gasteiger partial charge >= 0.3 is 0 Å². The van der Waals surface area contributed by atoms with Crippen LogP contribution in [0.1, 0.15) is 54.5 Å². The average Bonchev–Trinajstić information content (AvgIpc) is 3.76. The van der Waals surface area contributed by atoms with Crippen LogP contribution in [0.15, 0.2) is 73.3 Å².